The number of pyridine rings is 1. The summed E-state index contributed by atoms with van der Waals surface area (Å²) in [5.74, 6) is 0.674. The fraction of sp³-hybridized carbons (Fsp3) is 0.300. The molecule has 2 aliphatic heterocycles. The van der Waals surface area contributed by atoms with Gasteiger partial charge in [0.15, 0.2) is 0 Å². The molecule has 1 N–H and O–H groups in total. The van der Waals surface area contributed by atoms with Crippen LogP contribution in [0.2, 0.25) is 0 Å². The first-order valence-electron chi connectivity index (χ1n) is 9.23. The molecule has 1 aromatic heterocycles. The third-order valence-electron chi connectivity index (χ3n) is 5.00. The topological polar surface area (TPSA) is 97.8 Å². The molecule has 3 unspecified atom stereocenters. The lowest BCUT2D eigenvalue weighted by atomic mass is 10.1. The van der Waals surface area contributed by atoms with Crippen molar-refractivity contribution in [3.8, 4) is 11.6 Å². The van der Waals surface area contributed by atoms with E-state index in [0.717, 1.165) is 0 Å². The minimum atomic E-state index is -3.68. The Hall–Kier alpha value is -2.75. The lowest BCUT2D eigenvalue weighted by Gasteiger charge is -2.19. The zero-order valence-corrected chi connectivity index (χ0v) is 16.4. The lowest BCUT2D eigenvalue weighted by molar-refractivity contribution is -0.120. The van der Waals surface area contributed by atoms with E-state index in [1.807, 2.05) is 18.2 Å². The Balaban J connectivity index is 1.40. The van der Waals surface area contributed by atoms with Gasteiger partial charge in [-0.05, 0) is 30.7 Å². The Labute approximate surface area is 169 Å². The van der Waals surface area contributed by atoms with Crippen LogP contribution in [0.3, 0.4) is 0 Å². The summed E-state index contributed by atoms with van der Waals surface area (Å²) in [4.78, 5) is 15.6. The highest BCUT2D eigenvalue weighted by Crippen LogP contribution is 2.35. The molecular formula is C20H21N3O5S. The number of benzene rings is 1. The summed E-state index contributed by atoms with van der Waals surface area (Å²) >= 11 is 0. The van der Waals surface area contributed by atoms with Crippen LogP contribution in [-0.2, 0) is 19.6 Å². The molecule has 0 spiro atoms. The number of nitrogens with zero attached hydrogens (tertiary/aromatic N) is 2. The third-order valence-corrected chi connectivity index (χ3v) is 6.82. The number of aromatic nitrogens is 1. The van der Waals surface area contributed by atoms with Crippen molar-refractivity contribution >= 4 is 15.9 Å². The van der Waals surface area contributed by atoms with Crippen molar-refractivity contribution in [1.29, 1.82) is 0 Å². The summed E-state index contributed by atoms with van der Waals surface area (Å²) in [6, 6.07) is 12.2. The van der Waals surface area contributed by atoms with Crippen molar-refractivity contribution in [3.63, 3.8) is 0 Å². The smallest absolute Gasteiger partial charge is 0.245 e. The molecule has 0 bridgehead atoms. The van der Waals surface area contributed by atoms with E-state index in [4.69, 9.17) is 9.47 Å². The quantitative estimate of drug-likeness (QED) is 0.724. The normalized spacial score (nSPS) is 24.1. The lowest BCUT2D eigenvalue weighted by Crippen LogP contribution is -2.37. The predicted octanol–water partition coefficient (Wildman–Crippen LogP) is 1.91. The van der Waals surface area contributed by atoms with Gasteiger partial charge >= 0.3 is 0 Å². The van der Waals surface area contributed by atoms with E-state index in [2.05, 4.69) is 16.9 Å². The summed E-state index contributed by atoms with van der Waals surface area (Å²) < 4.78 is 38.7. The molecule has 2 fully saturated rings. The number of carbonyl (C=O) groups excluding carboxylic acids is 1. The molecule has 2 aliphatic rings. The van der Waals surface area contributed by atoms with Crippen molar-refractivity contribution in [3.05, 3.63) is 61.3 Å². The first kappa shape index (κ1) is 19.6. The fourth-order valence-electron chi connectivity index (χ4n) is 3.57. The molecule has 29 heavy (non-hydrogen) atoms. The summed E-state index contributed by atoms with van der Waals surface area (Å²) in [5.41, 5.74) is 0. The van der Waals surface area contributed by atoms with Crippen LogP contribution in [0, 0.1) is 5.92 Å². The van der Waals surface area contributed by atoms with Gasteiger partial charge in [-0.1, -0.05) is 24.8 Å². The second-order valence-corrected chi connectivity index (χ2v) is 8.88. The van der Waals surface area contributed by atoms with Crippen molar-refractivity contribution in [2.75, 3.05) is 13.1 Å². The van der Waals surface area contributed by atoms with Crippen molar-refractivity contribution in [2.24, 2.45) is 5.92 Å². The molecule has 4 rings (SSSR count). The van der Waals surface area contributed by atoms with Crippen LogP contribution in [0.25, 0.3) is 0 Å². The zero-order valence-electron chi connectivity index (χ0n) is 15.6. The maximum absolute atomic E-state index is 12.9. The molecule has 0 aliphatic carbocycles. The SMILES string of the molecule is C=CC(=O)NC1CC2CN(S(=O)(=O)c3ccc(Oc4ccccc4)nc3)CC2O1. The minimum absolute atomic E-state index is 0.0357. The Morgan fingerprint density at radius 3 is 2.69 bits per heavy atom. The molecule has 152 valence electrons. The van der Waals surface area contributed by atoms with Gasteiger partial charge < -0.3 is 14.8 Å². The number of amides is 1. The fourth-order valence-corrected chi connectivity index (χ4v) is 5.03. The van der Waals surface area contributed by atoms with Crippen LogP contribution in [0.4, 0.5) is 0 Å². The van der Waals surface area contributed by atoms with E-state index < -0.39 is 16.3 Å². The first-order valence-corrected chi connectivity index (χ1v) is 10.7. The van der Waals surface area contributed by atoms with Crippen LogP contribution >= 0.6 is 0 Å². The van der Waals surface area contributed by atoms with Crippen LogP contribution in [0.15, 0.2) is 66.2 Å². The number of rotatable bonds is 6. The van der Waals surface area contributed by atoms with Crippen LogP contribution in [0.5, 0.6) is 11.6 Å². The number of hydrogen-bond donors (Lipinski definition) is 1. The van der Waals surface area contributed by atoms with Crippen LogP contribution in [-0.4, -0.2) is 49.0 Å². The predicted molar refractivity (Wildman–Crippen MR) is 105 cm³/mol. The van der Waals surface area contributed by atoms with Gasteiger partial charge in [0.25, 0.3) is 0 Å². The molecule has 9 heteroatoms. The second-order valence-electron chi connectivity index (χ2n) is 6.94. The van der Waals surface area contributed by atoms with E-state index in [1.165, 1.54) is 28.7 Å². The molecule has 0 radical (unpaired) electrons. The molecule has 2 saturated heterocycles. The molecular weight excluding hydrogens is 394 g/mol. The van der Waals surface area contributed by atoms with Gasteiger partial charge in [-0.2, -0.15) is 4.31 Å². The van der Waals surface area contributed by atoms with E-state index in [-0.39, 0.29) is 29.4 Å². The Morgan fingerprint density at radius 2 is 2.03 bits per heavy atom. The highest BCUT2D eigenvalue weighted by atomic mass is 32.2. The van der Waals surface area contributed by atoms with E-state index in [0.29, 0.717) is 24.6 Å². The van der Waals surface area contributed by atoms with Gasteiger partial charge in [-0.15, -0.1) is 0 Å². The van der Waals surface area contributed by atoms with Crippen LogP contribution in [0.1, 0.15) is 6.42 Å². The van der Waals surface area contributed by atoms with Gasteiger partial charge in [-0.25, -0.2) is 13.4 Å². The average molecular weight is 415 g/mol. The molecule has 8 nitrogen and oxygen atoms in total. The molecule has 1 aromatic carbocycles. The van der Waals surface area contributed by atoms with Gasteiger partial charge in [-0.3, -0.25) is 4.79 Å². The number of fused-ring (bicyclic) bond motifs is 1. The molecule has 0 saturated carbocycles. The number of hydrogen-bond acceptors (Lipinski definition) is 6. The number of sulfonamides is 1. The largest absolute Gasteiger partial charge is 0.439 e. The summed E-state index contributed by atoms with van der Waals surface area (Å²) in [7, 11) is -3.68. The van der Waals surface area contributed by atoms with Gasteiger partial charge in [0, 0.05) is 25.1 Å². The van der Waals surface area contributed by atoms with Crippen molar-refractivity contribution in [2.45, 2.75) is 23.6 Å². The molecule has 3 heterocycles. The van der Waals surface area contributed by atoms with Crippen LogP contribution < -0.4 is 10.1 Å². The summed E-state index contributed by atoms with van der Waals surface area (Å²) in [6.45, 7) is 4.00. The molecule has 1 amide bonds. The maximum Gasteiger partial charge on any atom is 0.245 e. The number of para-hydroxylation sites is 1. The zero-order chi connectivity index (χ0) is 20.4. The highest BCUT2D eigenvalue weighted by Gasteiger charge is 2.46. The summed E-state index contributed by atoms with van der Waals surface area (Å²) in [6.07, 6.45) is 2.41. The number of nitrogens with one attached hydrogen (secondary N) is 1. The highest BCUT2D eigenvalue weighted by molar-refractivity contribution is 7.89. The number of carbonyl (C=O) groups is 1. The first-order chi connectivity index (χ1) is 14.0. The van der Waals surface area contributed by atoms with Gasteiger partial charge in [0.1, 0.15) is 16.9 Å². The van der Waals surface area contributed by atoms with E-state index >= 15 is 0 Å². The van der Waals surface area contributed by atoms with Gasteiger partial charge in [0.2, 0.25) is 21.8 Å². The minimum Gasteiger partial charge on any atom is -0.439 e. The maximum atomic E-state index is 12.9. The summed E-state index contributed by atoms with van der Waals surface area (Å²) in [5, 5.41) is 2.70. The average Bonchev–Trinajstić information content (AvgIpc) is 3.28. The molecule has 3 atom stereocenters. The van der Waals surface area contributed by atoms with E-state index in [1.54, 1.807) is 12.1 Å². The Bertz CT molecular complexity index is 981. The Morgan fingerprint density at radius 1 is 1.24 bits per heavy atom. The standard InChI is InChI=1S/C20H21N3O5S/c1-2-18(24)22-20-10-14-12-23(13-17(14)28-20)29(25,26)16-8-9-19(21-11-16)27-15-6-4-3-5-7-15/h2-9,11,14,17,20H,1,10,12-13H2,(H,22,24). The van der Waals surface area contributed by atoms with Crippen molar-refractivity contribution in [1.82, 2.24) is 14.6 Å². The monoisotopic (exact) mass is 415 g/mol. The molecule has 2 aromatic rings. The van der Waals surface area contributed by atoms with Crippen molar-refractivity contribution < 1.29 is 22.7 Å². The number of ether oxygens (including phenoxy) is 2. The van der Waals surface area contributed by atoms with Gasteiger partial charge in [0.05, 0.1) is 12.3 Å². The van der Waals surface area contributed by atoms with E-state index in [9.17, 15) is 13.2 Å². The Kier molecular flexibility index (Phi) is 5.35. The third kappa shape index (κ3) is 4.16. The second kappa shape index (κ2) is 7.94.